The van der Waals surface area contributed by atoms with Crippen molar-refractivity contribution in [3.8, 4) is 17.2 Å². The lowest BCUT2D eigenvalue weighted by Gasteiger charge is -2.09. The van der Waals surface area contributed by atoms with Crippen LogP contribution in [0.3, 0.4) is 0 Å². The van der Waals surface area contributed by atoms with Gasteiger partial charge in [-0.1, -0.05) is 15.9 Å². The number of carbonyl (C=O) groups excluding carboxylic acids is 1. The Labute approximate surface area is 125 Å². The molecular weight excluding hydrogens is 324 g/mol. The number of hydrogen-bond donors (Lipinski definition) is 0. The van der Waals surface area contributed by atoms with Crippen molar-refractivity contribution < 1.29 is 19.0 Å². The van der Waals surface area contributed by atoms with Crippen molar-refractivity contribution in [3.63, 3.8) is 0 Å². The molecule has 5 heteroatoms. The van der Waals surface area contributed by atoms with Gasteiger partial charge in [-0.3, -0.25) is 0 Å². The molecule has 0 fully saturated rings. The molecule has 0 atom stereocenters. The molecule has 4 nitrogen and oxygen atoms in total. The van der Waals surface area contributed by atoms with Crippen molar-refractivity contribution in [1.82, 2.24) is 0 Å². The molecule has 104 valence electrons. The van der Waals surface area contributed by atoms with Gasteiger partial charge >= 0.3 is 5.97 Å². The standard InChI is InChI=1S/C15H13BrO4/c1-18-13-8-3-10(9-14(13)19-2)15(17)20-12-6-4-11(16)5-7-12/h3-9H,1-2H3. The lowest BCUT2D eigenvalue weighted by Crippen LogP contribution is -2.08. The molecule has 0 spiro atoms. The van der Waals surface area contributed by atoms with Crippen LogP contribution in [0.15, 0.2) is 46.9 Å². The van der Waals surface area contributed by atoms with Gasteiger partial charge in [0.05, 0.1) is 19.8 Å². The Morgan fingerprint density at radius 2 is 1.60 bits per heavy atom. The fourth-order valence-electron chi connectivity index (χ4n) is 1.63. The number of ether oxygens (including phenoxy) is 3. The molecule has 20 heavy (non-hydrogen) atoms. The van der Waals surface area contributed by atoms with Crippen LogP contribution in [-0.2, 0) is 0 Å². The number of esters is 1. The third-order valence-electron chi connectivity index (χ3n) is 2.64. The van der Waals surface area contributed by atoms with E-state index in [1.165, 1.54) is 14.2 Å². The average molecular weight is 337 g/mol. The van der Waals surface area contributed by atoms with Crippen molar-refractivity contribution in [1.29, 1.82) is 0 Å². The Balaban J connectivity index is 2.18. The van der Waals surface area contributed by atoms with Crippen molar-refractivity contribution in [2.24, 2.45) is 0 Å². The fraction of sp³-hybridized carbons (Fsp3) is 0.133. The van der Waals surface area contributed by atoms with Crippen LogP contribution < -0.4 is 14.2 Å². The van der Waals surface area contributed by atoms with Crippen molar-refractivity contribution >= 4 is 21.9 Å². The van der Waals surface area contributed by atoms with E-state index in [2.05, 4.69) is 15.9 Å². The van der Waals surface area contributed by atoms with Crippen LogP contribution in [0.25, 0.3) is 0 Å². The minimum Gasteiger partial charge on any atom is -0.493 e. The zero-order valence-electron chi connectivity index (χ0n) is 11.1. The Morgan fingerprint density at radius 3 is 2.20 bits per heavy atom. The second-order valence-electron chi connectivity index (χ2n) is 3.91. The maximum Gasteiger partial charge on any atom is 0.343 e. The highest BCUT2D eigenvalue weighted by Gasteiger charge is 2.12. The van der Waals surface area contributed by atoms with E-state index in [-0.39, 0.29) is 0 Å². The van der Waals surface area contributed by atoms with Crippen LogP contribution in [0.1, 0.15) is 10.4 Å². The van der Waals surface area contributed by atoms with E-state index in [4.69, 9.17) is 14.2 Å². The van der Waals surface area contributed by atoms with E-state index < -0.39 is 5.97 Å². The molecule has 0 aliphatic carbocycles. The molecule has 0 radical (unpaired) electrons. The summed E-state index contributed by atoms with van der Waals surface area (Å²) in [6, 6.07) is 11.9. The molecule has 0 bridgehead atoms. The molecule has 0 saturated heterocycles. The topological polar surface area (TPSA) is 44.8 Å². The molecule has 0 heterocycles. The van der Waals surface area contributed by atoms with Gasteiger partial charge in [0, 0.05) is 4.47 Å². The van der Waals surface area contributed by atoms with Gasteiger partial charge in [-0.2, -0.15) is 0 Å². The van der Waals surface area contributed by atoms with Gasteiger partial charge in [-0.15, -0.1) is 0 Å². The molecule has 0 unspecified atom stereocenters. The first-order valence-electron chi connectivity index (χ1n) is 5.84. The molecule has 0 aromatic heterocycles. The Bertz CT molecular complexity index is 608. The maximum atomic E-state index is 12.0. The van der Waals surface area contributed by atoms with Crippen molar-refractivity contribution in [2.45, 2.75) is 0 Å². The SMILES string of the molecule is COc1ccc(C(=O)Oc2ccc(Br)cc2)cc1OC. The smallest absolute Gasteiger partial charge is 0.343 e. The van der Waals surface area contributed by atoms with Crippen LogP contribution >= 0.6 is 15.9 Å². The van der Waals surface area contributed by atoms with E-state index in [0.717, 1.165) is 4.47 Å². The largest absolute Gasteiger partial charge is 0.493 e. The Kier molecular flexibility index (Phi) is 4.63. The van der Waals surface area contributed by atoms with Crippen molar-refractivity contribution in [3.05, 3.63) is 52.5 Å². The molecule has 2 aromatic carbocycles. The number of halogens is 1. The Hall–Kier alpha value is -2.01. The summed E-state index contributed by atoms with van der Waals surface area (Å²) in [5.41, 5.74) is 0.394. The summed E-state index contributed by atoms with van der Waals surface area (Å²) in [6.45, 7) is 0. The Morgan fingerprint density at radius 1 is 0.950 bits per heavy atom. The number of rotatable bonds is 4. The summed E-state index contributed by atoms with van der Waals surface area (Å²) >= 11 is 3.32. The van der Waals surface area contributed by atoms with Gasteiger partial charge < -0.3 is 14.2 Å². The first-order valence-corrected chi connectivity index (χ1v) is 6.63. The zero-order valence-corrected chi connectivity index (χ0v) is 12.6. The van der Waals surface area contributed by atoms with Gasteiger partial charge in [0.15, 0.2) is 11.5 Å². The van der Waals surface area contributed by atoms with Crippen LogP contribution in [0.4, 0.5) is 0 Å². The number of methoxy groups -OCH3 is 2. The average Bonchev–Trinajstić information content (AvgIpc) is 2.48. The first-order chi connectivity index (χ1) is 9.63. The van der Waals surface area contributed by atoms with Crippen LogP contribution in [0.2, 0.25) is 0 Å². The lowest BCUT2D eigenvalue weighted by molar-refractivity contribution is 0.0734. The van der Waals surface area contributed by atoms with Crippen LogP contribution in [0, 0.1) is 0 Å². The molecule has 0 saturated carbocycles. The van der Waals surface area contributed by atoms with Gasteiger partial charge in [0.25, 0.3) is 0 Å². The molecule has 0 aliphatic heterocycles. The van der Waals surface area contributed by atoms with E-state index in [1.54, 1.807) is 42.5 Å². The zero-order chi connectivity index (χ0) is 14.5. The van der Waals surface area contributed by atoms with Crippen LogP contribution in [0.5, 0.6) is 17.2 Å². The van der Waals surface area contributed by atoms with E-state index in [0.29, 0.717) is 22.8 Å². The molecule has 0 N–H and O–H groups in total. The van der Waals surface area contributed by atoms with Gasteiger partial charge in [0.1, 0.15) is 5.75 Å². The first kappa shape index (κ1) is 14.4. The van der Waals surface area contributed by atoms with Gasteiger partial charge in [-0.05, 0) is 42.5 Å². The monoisotopic (exact) mass is 336 g/mol. The minimum atomic E-state index is -0.451. The predicted octanol–water partition coefficient (Wildman–Crippen LogP) is 3.69. The summed E-state index contributed by atoms with van der Waals surface area (Å²) in [7, 11) is 3.05. The third-order valence-corrected chi connectivity index (χ3v) is 3.17. The third kappa shape index (κ3) is 3.30. The minimum absolute atomic E-state index is 0.394. The van der Waals surface area contributed by atoms with Crippen LogP contribution in [-0.4, -0.2) is 20.2 Å². The van der Waals surface area contributed by atoms with E-state index in [9.17, 15) is 4.79 Å². The molecule has 2 aromatic rings. The molecular formula is C15H13BrO4. The molecule has 0 aliphatic rings. The normalized spacial score (nSPS) is 9.95. The number of hydrogen-bond acceptors (Lipinski definition) is 4. The van der Waals surface area contributed by atoms with Gasteiger partial charge in [-0.25, -0.2) is 4.79 Å². The van der Waals surface area contributed by atoms with E-state index >= 15 is 0 Å². The maximum absolute atomic E-state index is 12.0. The number of carbonyl (C=O) groups is 1. The predicted molar refractivity (Wildman–Crippen MR) is 78.6 cm³/mol. The summed E-state index contributed by atoms with van der Waals surface area (Å²) in [4.78, 5) is 12.0. The number of benzene rings is 2. The highest BCUT2D eigenvalue weighted by molar-refractivity contribution is 9.10. The van der Waals surface area contributed by atoms with Crippen molar-refractivity contribution in [2.75, 3.05) is 14.2 Å². The lowest BCUT2D eigenvalue weighted by atomic mass is 10.2. The summed E-state index contributed by atoms with van der Waals surface area (Å²) in [5.74, 6) is 1.08. The second kappa shape index (κ2) is 6.43. The second-order valence-corrected chi connectivity index (χ2v) is 4.83. The van der Waals surface area contributed by atoms with Gasteiger partial charge in [0.2, 0.25) is 0 Å². The van der Waals surface area contributed by atoms with E-state index in [1.807, 2.05) is 0 Å². The fourth-order valence-corrected chi connectivity index (χ4v) is 1.90. The highest BCUT2D eigenvalue weighted by atomic mass is 79.9. The summed E-state index contributed by atoms with van der Waals surface area (Å²) in [5, 5.41) is 0. The quantitative estimate of drug-likeness (QED) is 0.631. The summed E-state index contributed by atoms with van der Waals surface area (Å²) in [6.07, 6.45) is 0. The molecule has 0 amide bonds. The highest BCUT2D eigenvalue weighted by Crippen LogP contribution is 2.28. The summed E-state index contributed by atoms with van der Waals surface area (Å²) < 4.78 is 16.5. The molecule has 2 rings (SSSR count).